The van der Waals surface area contributed by atoms with Crippen LogP contribution in [0.3, 0.4) is 0 Å². The fraction of sp³-hybridized carbons (Fsp3) is 0.294. The molecule has 1 saturated heterocycles. The van der Waals surface area contributed by atoms with Crippen molar-refractivity contribution in [3.63, 3.8) is 0 Å². The van der Waals surface area contributed by atoms with Crippen LogP contribution in [0, 0.1) is 6.92 Å². The number of β-amino-alcohol motifs (C(OH)–C–C–N with tert-alkyl or cyclic N) is 1. The Morgan fingerprint density at radius 1 is 1.21 bits per heavy atom. The maximum Gasteiger partial charge on any atom is 0.181 e. The largest absolute Gasteiger partial charge is 0.391 e. The van der Waals surface area contributed by atoms with E-state index in [4.69, 9.17) is 0 Å². The van der Waals surface area contributed by atoms with Gasteiger partial charge in [0.15, 0.2) is 5.82 Å². The lowest BCUT2D eigenvalue weighted by atomic mass is 10.2. The second-order valence-electron chi connectivity index (χ2n) is 5.99. The van der Waals surface area contributed by atoms with E-state index in [-0.39, 0.29) is 6.04 Å². The fourth-order valence-electron chi connectivity index (χ4n) is 3.06. The Balaban J connectivity index is 1.66. The molecule has 0 radical (unpaired) electrons. The molecule has 2 N–H and O–H groups in total. The zero-order valence-corrected chi connectivity index (χ0v) is 13.3. The molecule has 1 aromatic carbocycles. The Kier molecular flexibility index (Phi) is 3.70. The number of aryl methyl sites for hydroxylation is 1. The van der Waals surface area contributed by atoms with Gasteiger partial charge >= 0.3 is 0 Å². The smallest absolute Gasteiger partial charge is 0.181 e. The Morgan fingerprint density at radius 2 is 2.04 bits per heavy atom. The molecule has 0 spiro atoms. The number of rotatable bonds is 3. The van der Waals surface area contributed by atoms with Gasteiger partial charge in [0, 0.05) is 30.3 Å². The average molecular weight is 322 g/mol. The van der Waals surface area contributed by atoms with Crippen LogP contribution in [0.2, 0.25) is 0 Å². The molecule has 1 fully saturated rings. The van der Waals surface area contributed by atoms with Crippen molar-refractivity contribution in [2.45, 2.75) is 25.5 Å². The Bertz CT molecular complexity index is 834. The first-order valence-electron chi connectivity index (χ1n) is 7.92. The van der Waals surface area contributed by atoms with Gasteiger partial charge in [0.2, 0.25) is 0 Å². The van der Waals surface area contributed by atoms with Crippen molar-refractivity contribution in [2.75, 3.05) is 11.4 Å². The lowest BCUT2D eigenvalue weighted by Crippen LogP contribution is -2.26. The van der Waals surface area contributed by atoms with E-state index >= 15 is 0 Å². The highest BCUT2D eigenvalue weighted by Crippen LogP contribution is 2.34. The molecule has 2 aromatic heterocycles. The SMILES string of the molecule is Cc1cc(N2C[C@H](O)C[C@H]2c2nc(-c3ccccc3)n[nH]2)ncn1. The molecule has 122 valence electrons. The predicted molar refractivity (Wildman–Crippen MR) is 89.3 cm³/mol. The average Bonchev–Trinajstić information content (AvgIpc) is 3.22. The van der Waals surface area contributed by atoms with E-state index < -0.39 is 6.10 Å². The molecule has 3 aromatic rings. The van der Waals surface area contributed by atoms with Crippen LogP contribution in [-0.2, 0) is 0 Å². The number of benzene rings is 1. The van der Waals surface area contributed by atoms with Crippen molar-refractivity contribution < 1.29 is 5.11 Å². The molecule has 0 unspecified atom stereocenters. The Hall–Kier alpha value is -2.80. The van der Waals surface area contributed by atoms with Crippen molar-refractivity contribution in [1.29, 1.82) is 0 Å². The summed E-state index contributed by atoms with van der Waals surface area (Å²) in [5, 5.41) is 17.5. The van der Waals surface area contributed by atoms with Gasteiger partial charge in [-0.25, -0.2) is 15.0 Å². The van der Waals surface area contributed by atoms with E-state index in [1.165, 1.54) is 0 Å². The number of aromatic nitrogens is 5. The van der Waals surface area contributed by atoms with E-state index in [1.54, 1.807) is 6.33 Å². The third-order valence-corrected chi connectivity index (χ3v) is 4.21. The van der Waals surface area contributed by atoms with Gasteiger partial charge in [-0.1, -0.05) is 30.3 Å². The number of aliphatic hydroxyl groups excluding tert-OH is 1. The normalized spacial score (nSPS) is 20.5. The molecule has 24 heavy (non-hydrogen) atoms. The van der Waals surface area contributed by atoms with Crippen LogP contribution in [0.1, 0.15) is 24.0 Å². The van der Waals surface area contributed by atoms with Crippen LogP contribution in [0.5, 0.6) is 0 Å². The summed E-state index contributed by atoms with van der Waals surface area (Å²) in [7, 11) is 0. The van der Waals surface area contributed by atoms with Crippen LogP contribution in [-0.4, -0.2) is 42.9 Å². The molecule has 0 aliphatic carbocycles. The minimum atomic E-state index is -0.421. The van der Waals surface area contributed by atoms with Crippen LogP contribution < -0.4 is 4.90 Å². The number of hydrogen-bond donors (Lipinski definition) is 2. The van der Waals surface area contributed by atoms with Gasteiger partial charge in [0.05, 0.1) is 12.1 Å². The fourth-order valence-corrected chi connectivity index (χ4v) is 3.06. The van der Waals surface area contributed by atoms with Gasteiger partial charge < -0.3 is 10.0 Å². The highest BCUT2D eigenvalue weighted by atomic mass is 16.3. The van der Waals surface area contributed by atoms with Gasteiger partial charge in [-0.3, -0.25) is 5.10 Å². The second kappa shape index (κ2) is 6.01. The van der Waals surface area contributed by atoms with Gasteiger partial charge in [-0.05, 0) is 6.92 Å². The molecule has 1 aliphatic rings. The van der Waals surface area contributed by atoms with Crippen LogP contribution in [0.4, 0.5) is 5.82 Å². The molecule has 2 atom stereocenters. The molecule has 7 heteroatoms. The molecule has 1 aliphatic heterocycles. The maximum atomic E-state index is 10.1. The number of aliphatic hydroxyl groups is 1. The quantitative estimate of drug-likeness (QED) is 0.765. The summed E-state index contributed by atoms with van der Waals surface area (Å²) in [4.78, 5) is 15.2. The summed E-state index contributed by atoms with van der Waals surface area (Å²) in [6.45, 7) is 2.44. The van der Waals surface area contributed by atoms with Crippen molar-refractivity contribution in [3.05, 3.63) is 54.2 Å². The number of H-pyrrole nitrogens is 1. The van der Waals surface area contributed by atoms with Gasteiger partial charge in [-0.2, -0.15) is 5.10 Å². The lowest BCUT2D eigenvalue weighted by molar-refractivity contribution is 0.194. The highest BCUT2D eigenvalue weighted by Gasteiger charge is 2.35. The van der Waals surface area contributed by atoms with Gasteiger partial charge in [-0.15, -0.1) is 0 Å². The van der Waals surface area contributed by atoms with Gasteiger partial charge in [0.25, 0.3) is 0 Å². The first-order chi connectivity index (χ1) is 11.7. The number of aromatic amines is 1. The molecule has 0 saturated carbocycles. The number of hydrogen-bond acceptors (Lipinski definition) is 6. The van der Waals surface area contributed by atoms with E-state index in [1.807, 2.05) is 43.3 Å². The number of nitrogens with one attached hydrogen (secondary N) is 1. The third kappa shape index (κ3) is 2.74. The Morgan fingerprint density at radius 3 is 2.83 bits per heavy atom. The molecule has 0 bridgehead atoms. The van der Waals surface area contributed by atoms with Crippen molar-refractivity contribution >= 4 is 5.82 Å². The van der Waals surface area contributed by atoms with Crippen LogP contribution in [0.25, 0.3) is 11.4 Å². The van der Waals surface area contributed by atoms with E-state index in [0.29, 0.717) is 18.8 Å². The summed E-state index contributed by atoms with van der Waals surface area (Å²) >= 11 is 0. The van der Waals surface area contributed by atoms with E-state index in [0.717, 1.165) is 22.9 Å². The molecular weight excluding hydrogens is 304 g/mol. The topological polar surface area (TPSA) is 90.8 Å². The summed E-state index contributed by atoms with van der Waals surface area (Å²) in [5.41, 5.74) is 1.85. The lowest BCUT2D eigenvalue weighted by Gasteiger charge is -2.23. The summed E-state index contributed by atoms with van der Waals surface area (Å²) < 4.78 is 0. The van der Waals surface area contributed by atoms with E-state index in [9.17, 15) is 5.11 Å². The van der Waals surface area contributed by atoms with Crippen LogP contribution in [0.15, 0.2) is 42.7 Å². The standard InChI is InChI=1S/C17H18N6O/c1-11-7-15(19-10-18-11)23-9-13(24)8-14(23)17-20-16(21-22-17)12-5-3-2-4-6-12/h2-7,10,13-14,24H,8-9H2,1H3,(H,20,21,22)/t13-,14+/m1/s1. The predicted octanol–water partition coefficient (Wildman–Crippen LogP) is 1.88. The second-order valence-corrected chi connectivity index (χ2v) is 5.99. The summed E-state index contributed by atoms with van der Waals surface area (Å²) in [6, 6.07) is 11.7. The van der Waals surface area contributed by atoms with Crippen molar-refractivity contribution in [2.24, 2.45) is 0 Å². The zero-order chi connectivity index (χ0) is 16.5. The van der Waals surface area contributed by atoms with Crippen molar-refractivity contribution in [3.8, 4) is 11.4 Å². The minimum Gasteiger partial charge on any atom is -0.391 e. The first kappa shape index (κ1) is 14.8. The number of nitrogens with zero attached hydrogens (tertiary/aromatic N) is 5. The summed E-state index contributed by atoms with van der Waals surface area (Å²) in [6.07, 6.45) is 1.71. The van der Waals surface area contributed by atoms with E-state index in [2.05, 4.69) is 30.0 Å². The monoisotopic (exact) mass is 322 g/mol. The number of anilines is 1. The third-order valence-electron chi connectivity index (χ3n) is 4.21. The molecule has 7 nitrogen and oxygen atoms in total. The molecule has 0 amide bonds. The molecular formula is C17H18N6O. The van der Waals surface area contributed by atoms with Gasteiger partial charge in [0.1, 0.15) is 18.0 Å². The summed E-state index contributed by atoms with van der Waals surface area (Å²) in [5.74, 6) is 2.19. The minimum absolute atomic E-state index is 0.0840. The maximum absolute atomic E-state index is 10.1. The first-order valence-corrected chi connectivity index (χ1v) is 7.92. The van der Waals surface area contributed by atoms with Crippen molar-refractivity contribution in [1.82, 2.24) is 25.1 Å². The van der Waals surface area contributed by atoms with Crippen LogP contribution >= 0.6 is 0 Å². The highest BCUT2D eigenvalue weighted by molar-refractivity contribution is 5.54. The molecule has 4 rings (SSSR count). The molecule has 3 heterocycles. The Labute approximate surface area is 139 Å². The zero-order valence-electron chi connectivity index (χ0n) is 13.3.